The molecule has 0 aromatic rings. The predicted octanol–water partition coefficient (Wildman–Crippen LogP) is 0.0540. The Morgan fingerprint density at radius 3 is 2.08 bits per heavy atom. The molecular formula is C6H7F3N2O2. The minimum absolute atomic E-state index is 0.581. The van der Waals surface area contributed by atoms with Gasteiger partial charge in [-0.15, -0.1) is 0 Å². The molecule has 0 rings (SSSR count). The van der Waals surface area contributed by atoms with Crippen LogP contribution in [0.5, 0.6) is 0 Å². The molecule has 0 aromatic heterocycles. The van der Waals surface area contributed by atoms with E-state index in [1.54, 1.807) is 0 Å². The molecule has 7 heteroatoms. The van der Waals surface area contributed by atoms with Crippen LogP contribution in [0.4, 0.5) is 13.2 Å². The van der Waals surface area contributed by atoms with Gasteiger partial charge < -0.3 is 11.1 Å². The highest BCUT2D eigenvalue weighted by atomic mass is 19.4. The Labute approximate surface area is 71.6 Å². The van der Waals surface area contributed by atoms with E-state index in [4.69, 9.17) is 5.73 Å². The lowest BCUT2D eigenvalue weighted by Crippen LogP contribution is -2.38. The fourth-order valence-corrected chi connectivity index (χ4v) is 0.440. The number of rotatable bonds is 2. The zero-order chi connectivity index (χ0) is 10.6. The molecule has 0 aromatic carbocycles. The van der Waals surface area contributed by atoms with Gasteiger partial charge in [-0.2, -0.15) is 13.2 Å². The normalized spacial score (nSPS) is 12.5. The molecule has 0 fully saturated rings. The van der Waals surface area contributed by atoms with Gasteiger partial charge in [0.2, 0.25) is 0 Å². The van der Waals surface area contributed by atoms with Crippen molar-refractivity contribution in [3.63, 3.8) is 0 Å². The largest absolute Gasteiger partial charge is 0.471 e. The first kappa shape index (κ1) is 11.5. The van der Waals surface area contributed by atoms with Crippen LogP contribution in [-0.4, -0.2) is 17.9 Å². The minimum Gasteiger partial charge on any atom is -0.403 e. The van der Waals surface area contributed by atoms with E-state index in [0.29, 0.717) is 6.20 Å². The fraction of sp³-hybridized carbons (Fsp3) is 0.333. The average Bonchev–Trinajstić information content (AvgIpc) is 1.96. The summed E-state index contributed by atoms with van der Waals surface area (Å²) >= 11 is 0. The highest BCUT2D eigenvalue weighted by molar-refractivity contribution is 5.98. The molecule has 0 unspecified atom stereocenters. The monoisotopic (exact) mass is 196 g/mol. The Balaban J connectivity index is 4.46. The molecule has 0 bridgehead atoms. The Hall–Kier alpha value is -1.53. The number of hydrogen-bond acceptors (Lipinski definition) is 3. The molecule has 0 atom stereocenters. The van der Waals surface area contributed by atoms with Crippen molar-refractivity contribution in [2.24, 2.45) is 5.73 Å². The first-order valence-electron chi connectivity index (χ1n) is 3.10. The smallest absolute Gasteiger partial charge is 0.403 e. The molecule has 1 amide bonds. The summed E-state index contributed by atoms with van der Waals surface area (Å²) in [4.78, 5) is 20.8. The van der Waals surface area contributed by atoms with Gasteiger partial charge >= 0.3 is 12.1 Å². The third-order valence-electron chi connectivity index (χ3n) is 1.05. The highest BCUT2D eigenvalue weighted by Crippen LogP contribution is 2.14. The van der Waals surface area contributed by atoms with Gasteiger partial charge in [-0.1, -0.05) is 0 Å². The number of nitrogens with two attached hydrogens (primary N) is 1. The van der Waals surface area contributed by atoms with E-state index in [9.17, 15) is 22.8 Å². The molecule has 0 aliphatic rings. The van der Waals surface area contributed by atoms with Crippen LogP contribution in [0, 0.1) is 0 Å². The van der Waals surface area contributed by atoms with E-state index < -0.39 is 23.6 Å². The van der Waals surface area contributed by atoms with Gasteiger partial charge in [0.15, 0.2) is 5.78 Å². The van der Waals surface area contributed by atoms with Crippen LogP contribution in [0.3, 0.4) is 0 Å². The van der Waals surface area contributed by atoms with Crippen molar-refractivity contribution in [2.75, 3.05) is 0 Å². The number of alkyl halides is 3. The van der Waals surface area contributed by atoms with Crippen molar-refractivity contribution in [2.45, 2.75) is 13.1 Å². The lowest BCUT2D eigenvalue weighted by Gasteiger charge is -2.07. The van der Waals surface area contributed by atoms with Gasteiger partial charge in [0.1, 0.15) is 0 Å². The summed E-state index contributed by atoms with van der Waals surface area (Å²) in [5.41, 5.74) is 4.22. The summed E-state index contributed by atoms with van der Waals surface area (Å²) in [5.74, 6) is -2.97. The molecular weight excluding hydrogens is 189 g/mol. The Morgan fingerprint density at radius 1 is 1.38 bits per heavy atom. The van der Waals surface area contributed by atoms with E-state index in [1.807, 2.05) is 0 Å². The predicted molar refractivity (Wildman–Crippen MR) is 37.1 cm³/mol. The van der Waals surface area contributed by atoms with E-state index in [1.165, 1.54) is 5.32 Å². The second-order valence-corrected chi connectivity index (χ2v) is 2.09. The van der Waals surface area contributed by atoms with Crippen LogP contribution >= 0.6 is 0 Å². The number of hydrogen-bond donors (Lipinski definition) is 2. The summed E-state index contributed by atoms with van der Waals surface area (Å²) in [7, 11) is 0. The molecule has 13 heavy (non-hydrogen) atoms. The highest BCUT2D eigenvalue weighted by Gasteiger charge is 2.39. The first-order chi connectivity index (χ1) is 5.79. The number of carbonyl (C=O) groups excluding carboxylic acids is 2. The number of allylic oxidation sites excluding steroid dienone is 1. The molecule has 0 spiro atoms. The fourth-order valence-electron chi connectivity index (χ4n) is 0.440. The number of carbonyl (C=O) groups is 2. The molecule has 4 nitrogen and oxygen atoms in total. The molecule has 0 saturated carbocycles. The molecule has 0 radical (unpaired) electrons. The maximum absolute atomic E-state index is 11.6. The molecule has 0 heterocycles. The summed E-state index contributed by atoms with van der Waals surface area (Å²) in [6.07, 6.45) is -4.42. The van der Waals surface area contributed by atoms with E-state index in [0.717, 1.165) is 6.92 Å². The summed E-state index contributed by atoms with van der Waals surface area (Å²) < 4.78 is 34.9. The van der Waals surface area contributed by atoms with Crippen molar-refractivity contribution in [1.82, 2.24) is 5.32 Å². The summed E-state index contributed by atoms with van der Waals surface area (Å²) in [6.45, 7) is 0.981. The lowest BCUT2D eigenvalue weighted by molar-refractivity contribution is -0.172. The minimum atomic E-state index is -5.02. The first-order valence-corrected chi connectivity index (χ1v) is 3.10. The number of ketones is 1. The van der Waals surface area contributed by atoms with Gasteiger partial charge in [0.05, 0.1) is 5.70 Å². The summed E-state index contributed by atoms with van der Waals surface area (Å²) in [5, 5.41) is 1.33. The maximum atomic E-state index is 11.6. The Morgan fingerprint density at radius 2 is 1.85 bits per heavy atom. The van der Waals surface area contributed by atoms with Gasteiger partial charge in [-0.3, -0.25) is 9.59 Å². The van der Waals surface area contributed by atoms with Crippen molar-refractivity contribution >= 4 is 11.7 Å². The Kier molecular flexibility index (Phi) is 3.46. The molecule has 0 aliphatic carbocycles. The quantitative estimate of drug-likeness (QED) is 0.613. The maximum Gasteiger partial charge on any atom is 0.471 e. The van der Waals surface area contributed by atoms with Gasteiger partial charge in [0.25, 0.3) is 0 Å². The number of Topliss-reactive ketones (excluding diaryl/α,β-unsaturated/α-hetero) is 1. The summed E-state index contributed by atoms with van der Waals surface area (Å²) in [6, 6.07) is 0. The van der Waals surface area contributed by atoms with Gasteiger partial charge in [-0.25, -0.2) is 0 Å². The molecule has 74 valence electrons. The van der Waals surface area contributed by atoms with Crippen molar-refractivity contribution in [1.29, 1.82) is 0 Å². The van der Waals surface area contributed by atoms with Crippen LogP contribution < -0.4 is 11.1 Å². The molecule has 3 N–H and O–H groups in total. The number of amides is 1. The van der Waals surface area contributed by atoms with Crippen molar-refractivity contribution in [3.8, 4) is 0 Å². The van der Waals surface area contributed by atoms with Crippen LogP contribution in [0.1, 0.15) is 6.92 Å². The average molecular weight is 196 g/mol. The lowest BCUT2D eigenvalue weighted by atomic mass is 10.3. The zero-order valence-corrected chi connectivity index (χ0v) is 6.61. The van der Waals surface area contributed by atoms with E-state index in [-0.39, 0.29) is 0 Å². The van der Waals surface area contributed by atoms with Crippen LogP contribution in [-0.2, 0) is 9.59 Å². The molecule has 0 aliphatic heterocycles. The number of halogens is 3. The van der Waals surface area contributed by atoms with Crippen LogP contribution in [0.2, 0.25) is 0 Å². The van der Waals surface area contributed by atoms with Crippen molar-refractivity contribution in [3.05, 3.63) is 11.9 Å². The topological polar surface area (TPSA) is 72.2 Å². The second kappa shape index (κ2) is 3.92. The third-order valence-corrected chi connectivity index (χ3v) is 1.05. The SMILES string of the molecule is CC(=O)/C(=C/N)NC(=O)C(F)(F)F. The second-order valence-electron chi connectivity index (χ2n) is 2.09. The number of nitrogens with one attached hydrogen (secondary N) is 1. The van der Waals surface area contributed by atoms with Gasteiger partial charge in [0, 0.05) is 13.1 Å². The standard InChI is InChI=1S/C6H7F3N2O2/c1-3(12)4(2-10)11-5(13)6(7,8)9/h2H,10H2,1H3,(H,11,13)/b4-2-. The van der Waals surface area contributed by atoms with E-state index in [2.05, 4.69) is 0 Å². The zero-order valence-electron chi connectivity index (χ0n) is 6.61. The van der Waals surface area contributed by atoms with Crippen LogP contribution in [0.15, 0.2) is 11.9 Å². The van der Waals surface area contributed by atoms with Crippen molar-refractivity contribution < 1.29 is 22.8 Å². The van der Waals surface area contributed by atoms with Gasteiger partial charge in [-0.05, 0) is 0 Å². The Bertz CT molecular complexity index is 257. The van der Waals surface area contributed by atoms with E-state index >= 15 is 0 Å². The molecule has 0 saturated heterocycles. The third kappa shape index (κ3) is 3.59. The van der Waals surface area contributed by atoms with Crippen LogP contribution in [0.25, 0.3) is 0 Å².